The molecule has 6 nitrogen and oxygen atoms in total. The molecule has 0 spiro atoms. The summed E-state index contributed by atoms with van der Waals surface area (Å²) in [7, 11) is 0. The number of hydrogen-bond donors (Lipinski definition) is 3. The first-order valence-electron chi connectivity index (χ1n) is 4.63. The van der Waals surface area contributed by atoms with Gasteiger partial charge in [-0.05, 0) is 20.8 Å². The van der Waals surface area contributed by atoms with E-state index in [2.05, 4.69) is 5.32 Å². The van der Waals surface area contributed by atoms with Crippen LogP contribution in [0.2, 0.25) is 0 Å². The molecule has 0 aromatic rings. The van der Waals surface area contributed by atoms with Crippen LogP contribution >= 0.6 is 0 Å². The Balaban J connectivity index is 4.07. The smallest absolute Gasteiger partial charge is 0.407 e. The molecule has 0 rings (SSSR count). The maximum absolute atomic E-state index is 11.2. The van der Waals surface area contributed by atoms with Crippen molar-refractivity contribution in [1.29, 1.82) is 0 Å². The second kappa shape index (κ2) is 5.55. The van der Waals surface area contributed by atoms with Crippen LogP contribution in [-0.2, 0) is 9.53 Å². The largest absolute Gasteiger partial charge is 0.444 e. The number of carbonyl (C=O) groups excluding carboxylic acids is 2. The molecule has 4 N–H and O–H groups in total. The van der Waals surface area contributed by atoms with E-state index < -0.39 is 23.6 Å². The lowest BCUT2D eigenvalue weighted by molar-refractivity contribution is -0.118. The Morgan fingerprint density at radius 3 is 2.33 bits per heavy atom. The molecule has 15 heavy (non-hydrogen) atoms. The van der Waals surface area contributed by atoms with E-state index in [0.717, 1.165) is 0 Å². The molecular weight excluding hydrogens is 200 g/mol. The lowest BCUT2D eigenvalue weighted by atomic mass is 10.2. The third-order valence-corrected chi connectivity index (χ3v) is 1.39. The Hall–Kier alpha value is -1.30. The minimum Gasteiger partial charge on any atom is -0.444 e. The summed E-state index contributed by atoms with van der Waals surface area (Å²) in [6, 6.07) is -0.697. The highest BCUT2D eigenvalue weighted by atomic mass is 16.6. The van der Waals surface area contributed by atoms with E-state index in [1.54, 1.807) is 20.8 Å². The molecule has 1 unspecified atom stereocenters. The topological polar surface area (TPSA) is 102 Å². The lowest BCUT2D eigenvalue weighted by Gasteiger charge is -2.22. The maximum atomic E-state index is 11.2. The number of hydrogen-bond acceptors (Lipinski definition) is 4. The number of aliphatic hydroxyl groups excluding tert-OH is 1. The van der Waals surface area contributed by atoms with Gasteiger partial charge in [0.15, 0.2) is 0 Å². The van der Waals surface area contributed by atoms with Gasteiger partial charge in [-0.2, -0.15) is 0 Å². The van der Waals surface area contributed by atoms with Crippen LogP contribution in [0, 0.1) is 0 Å². The lowest BCUT2D eigenvalue weighted by Crippen LogP contribution is -2.42. The third-order valence-electron chi connectivity index (χ3n) is 1.39. The van der Waals surface area contributed by atoms with Crippen molar-refractivity contribution in [3.63, 3.8) is 0 Å². The second-order valence-corrected chi connectivity index (χ2v) is 4.20. The van der Waals surface area contributed by atoms with Crippen LogP contribution < -0.4 is 11.1 Å². The number of rotatable bonds is 4. The number of amides is 2. The van der Waals surface area contributed by atoms with E-state index in [9.17, 15) is 9.59 Å². The summed E-state index contributed by atoms with van der Waals surface area (Å²) < 4.78 is 4.94. The first-order chi connectivity index (χ1) is 6.74. The summed E-state index contributed by atoms with van der Waals surface area (Å²) in [6.45, 7) is 4.79. The number of aliphatic hydroxyl groups is 1. The maximum Gasteiger partial charge on any atom is 0.407 e. The van der Waals surface area contributed by atoms with Gasteiger partial charge in [-0.1, -0.05) is 0 Å². The fourth-order valence-corrected chi connectivity index (χ4v) is 0.878. The van der Waals surface area contributed by atoms with E-state index in [4.69, 9.17) is 15.6 Å². The predicted octanol–water partition coefficient (Wildman–Crippen LogP) is -0.253. The molecule has 88 valence electrons. The fourth-order valence-electron chi connectivity index (χ4n) is 0.878. The minimum absolute atomic E-state index is 0.115. The zero-order valence-corrected chi connectivity index (χ0v) is 9.24. The number of primary amides is 1. The molecular formula is C9H18N2O4. The average molecular weight is 218 g/mol. The Bertz CT molecular complexity index is 235. The van der Waals surface area contributed by atoms with Crippen LogP contribution in [0.3, 0.4) is 0 Å². The highest BCUT2D eigenvalue weighted by molar-refractivity contribution is 5.76. The van der Waals surface area contributed by atoms with Crippen molar-refractivity contribution in [3.05, 3.63) is 0 Å². The van der Waals surface area contributed by atoms with Gasteiger partial charge in [0.1, 0.15) is 5.60 Å². The number of carbonyl (C=O) groups is 2. The molecule has 0 aromatic carbocycles. The molecule has 0 heterocycles. The van der Waals surface area contributed by atoms with Crippen LogP contribution in [0.5, 0.6) is 0 Å². The molecule has 0 aliphatic carbocycles. The Labute approximate surface area is 88.8 Å². The zero-order valence-electron chi connectivity index (χ0n) is 9.24. The van der Waals surface area contributed by atoms with E-state index in [1.165, 1.54) is 0 Å². The SMILES string of the molecule is CC(C)(C)OC(=O)NC(CO)CC(N)=O. The first kappa shape index (κ1) is 13.7. The summed E-state index contributed by atoms with van der Waals surface area (Å²) in [5.74, 6) is -0.592. The summed E-state index contributed by atoms with van der Waals surface area (Å²) >= 11 is 0. The quantitative estimate of drug-likeness (QED) is 0.605. The monoisotopic (exact) mass is 218 g/mol. The van der Waals surface area contributed by atoms with Crippen LogP contribution in [0.1, 0.15) is 27.2 Å². The van der Waals surface area contributed by atoms with Crippen molar-refractivity contribution >= 4 is 12.0 Å². The number of alkyl carbamates (subject to hydrolysis) is 1. The zero-order chi connectivity index (χ0) is 12.1. The van der Waals surface area contributed by atoms with Crippen LogP contribution in [0.4, 0.5) is 4.79 Å². The van der Waals surface area contributed by atoms with Gasteiger partial charge in [0.25, 0.3) is 0 Å². The second-order valence-electron chi connectivity index (χ2n) is 4.20. The molecule has 2 amide bonds. The Morgan fingerprint density at radius 1 is 1.47 bits per heavy atom. The van der Waals surface area contributed by atoms with E-state index in [1.807, 2.05) is 0 Å². The first-order valence-corrected chi connectivity index (χ1v) is 4.63. The molecule has 0 saturated carbocycles. The van der Waals surface area contributed by atoms with Crippen molar-refractivity contribution in [1.82, 2.24) is 5.32 Å². The number of nitrogens with one attached hydrogen (secondary N) is 1. The molecule has 1 atom stereocenters. The summed E-state index contributed by atoms with van der Waals surface area (Å²) in [4.78, 5) is 21.8. The number of nitrogens with two attached hydrogens (primary N) is 1. The fraction of sp³-hybridized carbons (Fsp3) is 0.778. The molecule has 0 aromatic heterocycles. The van der Waals surface area contributed by atoms with E-state index in [0.29, 0.717) is 0 Å². The van der Waals surface area contributed by atoms with Gasteiger partial charge in [-0.25, -0.2) is 4.79 Å². The van der Waals surface area contributed by atoms with E-state index >= 15 is 0 Å². The molecule has 6 heteroatoms. The van der Waals surface area contributed by atoms with Gasteiger partial charge >= 0.3 is 6.09 Å². The molecule has 0 aliphatic heterocycles. The number of ether oxygens (including phenoxy) is 1. The summed E-state index contributed by atoms with van der Waals surface area (Å²) in [5.41, 5.74) is 4.32. The van der Waals surface area contributed by atoms with Crippen molar-refractivity contribution in [2.75, 3.05) is 6.61 Å². The Morgan fingerprint density at radius 2 is 2.00 bits per heavy atom. The van der Waals surface area contributed by atoms with Gasteiger partial charge in [-0.15, -0.1) is 0 Å². The van der Waals surface area contributed by atoms with Crippen LogP contribution in [0.15, 0.2) is 0 Å². The third kappa shape index (κ3) is 7.75. The van der Waals surface area contributed by atoms with Gasteiger partial charge < -0.3 is 20.9 Å². The van der Waals surface area contributed by atoms with Gasteiger partial charge in [-0.3, -0.25) is 4.79 Å². The van der Waals surface area contributed by atoms with Crippen molar-refractivity contribution in [2.45, 2.75) is 38.8 Å². The van der Waals surface area contributed by atoms with Crippen molar-refractivity contribution in [3.8, 4) is 0 Å². The van der Waals surface area contributed by atoms with Gasteiger partial charge in [0.05, 0.1) is 12.6 Å². The van der Waals surface area contributed by atoms with Gasteiger partial charge in [0.2, 0.25) is 5.91 Å². The highest BCUT2D eigenvalue weighted by Crippen LogP contribution is 2.06. The molecule has 0 aliphatic rings. The minimum atomic E-state index is -0.697. The molecule has 0 saturated heterocycles. The van der Waals surface area contributed by atoms with E-state index in [-0.39, 0.29) is 13.0 Å². The molecule has 0 radical (unpaired) electrons. The summed E-state index contributed by atoms with van der Waals surface area (Å²) in [6.07, 6.45) is -0.793. The normalized spacial score (nSPS) is 13.1. The summed E-state index contributed by atoms with van der Waals surface area (Å²) in [5, 5.41) is 11.2. The van der Waals surface area contributed by atoms with Crippen LogP contribution in [0.25, 0.3) is 0 Å². The molecule has 0 fully saturated rings. The molecule has 0 bridgehead atoms. The van der Waals surface area contributed by atoms with Crippen molar-refractivity contribution < 1.29 is 19.4 Å². The highest BCUT2D eigenvalue weighted by Gasteiger charge is 2.19. The Kier molecular flexibility index (Phi) is 5.07. The van der Waals surface area contributed by atoms with Gasteiger partial charge in [0, 0.05) is 6.42 Å². The predicted molar refractivity (Wildman–Crippen MR) is 54.1 cm³/mol. The standard InChI is InChI=1S/C9H18N2O4/c1-9(2,3)15-8(14)11-6(5-12)4-7(10)13/h6,12H,4-5H2,1-3H3,(H2,10,13)(H,11,14). The van der Waals surface area contributed by atoms with Crippen molar-refractivity contribution in [2.24, 2.45) is 5.73 Å². The van der Waals surface area contributed by atoms with Crippen LogP contribution in [-0.4, -0.2) is 35.4 Å². The average Bonchev–Trinajstić information content (AvgIpc) is 1.98.